The van der Waals surface area contributed by atoms with E-state index in [4.69, 9.17) is 4.74 Å². The highest BCUT2D eigenvalue weighted by molar-refractivity contribution is 5.83. The van der Waals surface area contributed by atoms with E-state index >= 15 is 0 Å². The van der Waals surface area contributed by atoms with Crippen LogP contribution in [0.3, 0.4) is 0 Å². The minimum Gasteiger partial charge on any atom is -0.383 e. The number of likely N-dealkylation sites (tertiary alicyclic amines) is 1. The molecule has 0 saturated carbocycles. The number of halogens is 3. The predicted molar refractivity (Wildman–Crippen MR) is 74.4 cm³/mol. The van der Waals surface area contributed by atoms with Crippen LogP contribution in [0.1, 0.15) is 24.5 Å². The van der Waals surface area contributed by atoms with Gasteiger partial charge in [0.05, 0.1) is 19.1 Å². The molecule has 1 atom stereocenters. The summed E-state index contributed by atoms with van der Waals surface area (Å²) in [7, 11) is 1.52. The van der Waals surface area contributed by atoms with E-state index in [2.05, 4.69) is 20.5 Å². The minimum atomic E-state index is -4.63. The highest BCUT2D eigenvalue weighted by Gasteiger charge is 2.36. The molecule has 2 N–H and O–H groups in total. The first kappa shape index (κ1) is 18.2. The Morgan fingerprint density at radius 3 is 2.88 bits per heavy atom. The molecule has 1 saturated heterocycles. The van der Waals surface area contributed by atoms with Crippen LogP contribution in [0.5, 0.6) is 0 Å². The summed E-state index contributed by atoms with van der Waals surface area (Å²) < 4.78 is 42.1. The van der Waals surface area contributed by atoms with Crippen molar-refractivity contribution in [2.75, 3.05) is 26.8 Å². The average Bonchev–Trinajstić information content (AvgIpc) is 3.01. The number of carbonyl (C=O) groups excluding carboxylic acids is 2. The second kappa shape index (κ2) is 7.60. The Bertz CT molecular complexity index is 590. The molecule has 1 aromatic rings. The van der Waals surface area contributed by atoms with E-state index in [1.165, 1.54) is 7.11 Å². The van der Waals surface area contributed by atoms with Crippen LogP contribution in [0, 0.1) is 5.92 Å². The van der Waals surface area contributed by atoms with Gasteiger partial charge in [-0.3, -0.25) is 14.7 Å². The van der Waals surface area contributed by atoms with Gasteiger partial charge in [0.1, 0.15) is 5.82 Å². The maximum absolute atomic E-state index is 12.4. The Labute approximate surface area is 135 Å². The molecule has 0 spiro atoms. The van der Waals surface area contributed by atoms with Crippen molar-refractivity contribution in [3.05, 3.63) is 11.6 Å². The number of piperidine rings is 1. The Balaban J connectivity index is 1.86. The van der Waals surface area contributed by atoms with Crippen LogP contribution in [0.4, 0.5) is 13.2 Å². The molecule has 8 nitrogen and oxygen atoms in total. The lowest BCUT2D eigenvalue weighted by atomic mass is 9.96. The third-order valence-corrected chi connectivity index (χ3v) is 3.65. The first-order valence-electron chi connectivity index (χ1n) is 7.34. The van der Waals surface area contributed by atoms with Crippen LogP contribution in [-0.4, -0.2) is 58.7 Å². The van der Waals surface area contributed by atoms with E-state index in [1.54, 1.807) is 4.90 Å². The van der Waals surface area contributed by atoms with Gasteiger partial charge in [-0.25, -0.2) is 4.98 Å². The molecular formula is C13H18F3N5O3. The maximum Gasteiger partial charge on any atom is 0.453 e. The molecule has 24 heavy (non-hydrogen) atoms. The first-order chi connectivity index (χ1) is 11.3. The summed E-state index contributed by atoms with van der Waals surface area (Å²) >= 11 is 0. The van der Waals surface area contributed by atoms with Crippen LogP contribution in [0.2, 0.25) is 0 Å². The van der Waals surface area contributed by atoms with Gasteiger partial charge in [-0.05, 0) is 6.42 Å². The van der Waals surface area contributed by atoms with Crippen molar-refractivity contribution in [1.29, 1.82) is 0 Å². The van der Waals surface area contributed by atoms with Gasteiger partial charge in [0.25, 0.3) is 5.82 Å². The third kappa shape index (κ3) is 4.66. The number of H-pyrrole nitrogens is 1. The molecule has 2 rings (SSSR count). The molecule has 2 amide bonds. The molecule has 1 aliphatic heterocycles. The maximum atomic E-state index is 12.4. The molecule has 0 aromatic carbocycles. The molecular weight excluding hydrogens is 331 g/mol. The van der Waals surface area contributed by atoms with E-state index < -0.39 is 17.9 Å². The van der Waals surface area contributed by atoms with Crippen molar-refractivity contribution in [3.8, 4) is 0 Å². The molecule has 1 aromatic heterocycles. The number of aromatic nitrogens is 3. The smallest absolute Gasteiger partial charge is 0.383 e. The van der Waals surface area contributed by atoms with E-state index in [1.807, 2.05) is 0 Å². The van der Waals surface area contributed by atoms with Gasteiger partial charge in [0.2, 0.25) is 11.8 Å². The predicted octanol–water partition coefficient (Wildman–Crippen LogP) is 0.325. The molecule has 0 aliphatic carbocycles. The number of ether oxygens (including phenoxy) is 1. The summed E-state index contributed by atoms with van der Waals surface area (Å²) in [5, 5.41) is 7.71. The lowest BCUT2D eigenvalue weighted by Gasteiger charge is -2.31. The van der Waals surface area contributed by atoms with Gasteiger partial charge in [0.15, 0.2) is 0 Å². The number of aromatic amines is 1. The van der Waals surface area contributed by atoms with Crippen LogP contribution in [-0.2, 0) is 27.0 Å². The molecule has 0 radical (unpaired) electrons. The summed E-state index contributed by atoms with van der Waals surface area (Å²) in [5.41, 5.74) is 0. The molecule has 2 heterocycles. The number of carbonyl (C=O) groups is 2. The fraction of sp³-hybridized carbons (Fsp3) is 0.692. The van der Waals surface area contributed by atoms with Gasteiger partial charge in [0, 0.05) is 26.6 Å². The number of methoxy groups -OCH3 is 1. The second-order valence-corrected chi connectivity index (χ2v) is 5.39. The average molecular weight is 349 g/mol. The standard InChI is InChI=1S/C13H18F3N5O3/c1-24-5-4-21-7-8(2-3-10(21)22)11(23)17-6-9-18-12(20-19-9)13(14,15)16/h8H,2-7H2,1H3,(H,17,23)(H,18,19,20). The topological polar surface area (TPSA) is 100 Å². The van der Waals surface area contributed by atoms with Crippen LogP contribution >= 0.6 is 0 Å². The number of amides is 2. The van der Waals surface area contributed by atoms with Crippen molar-refractivity contribution in [2.24, 2.45) is 5.92 Å². The number of nitrogens with one attached hydrogen (secondary N) is 2. The number of alkyl halides is 3. The SMILES string of the molecule is COCCN1CC(C(=O)NCc2nc(C(F)(F)F)n[nH]2)CCC1=O. The normalized spacial score (nSPS) is 18.8. The van der Waals surface area contributed by atoms with Gasteiger partial charge >= 0.3 is 6.18 Å². The lowest BCUT2D eigenvalue weighted by molar-refractivity contribution is -0.144. The number of nitrogens with zero attached hydrogens (tertiary/aromatic N) is 3. The second-order valence-electron chi connectivity index (χ2n) is 5.39. The van der Waals surface area contributed by atoms with Gasteiger partial charge in [-0.1, -0.05) is 0 Å². The fourth-order valence-electron chi connectivity index (χ4n) is 2.36. The van der Waals surface area contributed by atoms with Crippen LogP contribution in [0.15, 0.2) is 0 Å². The van der Waals surface area contributed by atoms with Crippen molar-refractivity contribution in [2.45, 2.75) is 25.6 Å². The zero-order chi connectivity index (χ0) is 17.7. The third-order valence-electron chi connectivity index (χ3n) is 3.65. The minimum absolute atomic E-state index is 0.0406. The Kier molecular flexibility index (Phi) is 5.75. The number of hydrogen-bond acceptors (Lipinski definition) is 5. The summed E-state index contributed by atoms with van der Waals surface area (Å²) in [5.74, 6) is -2.15. The Morgan fingerprint density at radius 2 is 2.25 bits per heavy atom. The molecule has 134 valence electrons. The molecule has 0 bridgehead atoms. The van der Waals surface area contributed by atoms with Crippen molar-refractivity contribution in [1.82, 2.24) is 25.4 Å². The quantitative estimate of drug-likeness (QED) is 0.771. The van der Waals surface area contributed by atoms with Gasteiger partial charge in [-0.15, -0.1) is 5.10 Å². The van der Waals surface area contributed by atoms with Crippen LogP contribution in [0.25, 0.3) is 0 Å². The highest BCUT2D eigenvalue weighted by Crippen LogP contribution is 2.25. The first-order valence-corrected chi connectivity index (χ1v) is 7.34. The van der Waals surface area contributed by atoms with E-state index in [-0.39, 0.29) is 37.1 Å². The Hall–Kier alpha value is -2.17. The van der Waals surface area contributed by atoms with E-state index in [0.29, 0.717) is 19.6 Å². The van der Waals surface area contributed by atoms with Crippen molar-refractivity contribution < 1.29 is 27.5 Å². The van der Waals surface area contributed by atoms with Crippen LogP contribution < -0.4 is 5.32 Å². The highest BCUT2D eigenvalue weighted by atomic mass is 19.4. The lowest BCUT2D eigenvalue weighted by Crippen LogP contribution is -2.46. The summed E-state index contributed by atoms with van der Waals surface area (Å²) in [6, 6.07) is 0. The summed E-state index contributed by atoms with van der Waals surface area (Å²) in [6.45, 7) is 0.844. The summed E-state index contributed by atoms with van der Waals surface area (Å²) in [6.07, 6.45) is -3.98. The van der Waals surface area contributed by atoms with Gasteiger partial charge < -0.3 is 15.0 Å². The monoisotopic (exact) mass is 349 g/mol. The largest absolute Gasteiger partial charge is 0.453 e. The number of hydrogen-bond donors (Lipinski definition) is 2. The fourth-order valence-corrected chi connectivity index (χ4v) is 2.36. The summed E-state index contributed by atoms with van der Waals surface area (Å²) in [4.78, 5) is 28.7. The van der Waals surface area contributed by atoms with Crippen molar-refractivity contribution in [3.63, 3.8) is 0 Å². The zero-order valence-corrected chi connectivity index (χ0v) is 13.0. The molecule has 1 fully saturated rings. The molecule has 1 aliphatic rings. The van der Waals surface area contributed by atoms with Crippen molar-refractivity contribution >= 4 is 11.8 Å². The van der Waals surface area contributed by atoms with E-state index in [9.17, 15) is 22.8 Å². The number of rotatable bonds is 6. The Morgan fingerprint density at radius 1 is 1.50 bits per heavy atom. The zero-order valence-electron chi connectivity index (χ0n) is 13.0. The van der Waals surface area contributed by atoms with Gasteiger partial charge in [-0.2, -0.15) is 13.2 Å². The molecule has 1 unspecified atom stereocenters. The molecule has 11 heteroatoms. The van der Waals surface area contributed by atoms with E-state index in [0.717, 1.165) is 0 Å².